The van der Waals surface area contributed by atoms with E-state index in [1.54, 1.807) is 0 Å². The summed E-state index contributed by atoms with van der Waals surface area (Å²) in [5, 5.41) is 4.25. The van der Waals surface area contributed by atoms with Gasteiger partial charge in [0, 0.05) is 12.7 Å². The van der Waals surface area contributed by atoms with E-state index in [4.69, 9.17) is 0 Å². The molecule has 0 aliphatic carbocycles. The molecule has 2 aromatic rings. The molecule has 0 aliphatic heterocycles. The van der Waals surface area contributed by atoms with E-state index in [0.717, 1.165) is 17.7 Å². The summed E-state index contributed by atoms with van der Waals surface area (Å²) in [6.07, 6.45) is 3.79. The zero-order valence-corrected chi connectivity index (χ0v) is 11.7. The average Bonchev–Trinajstić information content (AvgIpc) is 2.67. The van der Waals surface area contributed by atoms with E-state index in [1.807, 2.05) is 17.1 Å². The maximum absolute atomic E-state index is 4.25. The molecular formula is C13H16BrN3. The van der Waals surface area contributed by atoms with Crippen molar-refractivity contribution in [1.29, 1.82) is 0 Å². The van der Waals surface area contributed by atoms with E-state index < -0.39 is 0 Å². The lowest BCUT2D eigenvalue weighted by Crippen LogP contribution is -2.22. The first-order valence-electron chi connectivity index (χ1n) is 5.56. The topological polar surface area (TPSA) is 21.1 Å². The van der Waals surface area contributed by atoms with Crippen molar-refractivity contribution in [3.63, 3.8) is 0 Å². The molecule has 0 amide bonds. The number of rotatable bonds is 4. The van der Waals surface area contributed by atoms with Crippen molar-refractivity contribution in [1.82, 2.24) is 14.7 Å². The Bertz CT molecular complexity index is 493. The van der Waals surface area contributed by atoms with Gasteiger partial charge in [0.05, 0.1) is 17.3 Å². The Hall–Kier alpha value is -1.13. The highest BCUT2D eigenvalue weighted by Crippen LogP contribution is 2.11. The molecule has 0 unspecified atom stereocenters. The van der Waals surface area contributed by atoms with Crippen molar-refractivity contribution >= 4 is 15.9 Å². The van der Waals surface area contributed by atoms with Gasteiger partial charge in [-0.15, -0.1) is 0 Å². The fourth-order valence-corrected chi connectivity index (χ4v) is 2.12. The van der Waals surface area contributed by atoms with Crippen molar-refractivity contribution in [3.8, 4) is 0 Å². The van der Waals surface area contributed by atoms with Crippen LogP contribution in [0.4, 0.5) is 0 Å². The zero-order valence-electron chi connectivity index (χ0n) is 10.1. The molecule has 0 N–H and O–H groups in total. The van der Waals surface area contributed by atoms with Crippen LogP contribution < -0.4 is 0 Å². The van der Waals surface area contributed by atoms with Crippen LogP contribution in [-0.2, 0) is 13.2 Å². The summed E-state index contributed by atoms with van der Waals surface area (Å²) in [5.74, 6) is 0. The summed E-state index contributed by atoms with van der Waals surface area (Å²) in [7, 11) is 2.10. The Labute approximate surface area is 110 Å². The monoisotopic (exact) mass is 293 g/mol. The van der Waals surface area contributed by atoms with Crippen molar-refractivity contribution < 1.29 is 0 Å². The van der Waals surface area contributed by atoms with Gasteiger partial charge in [0.25, 0.3) is 0 Å². The summed E-state index contributed by atoms with van der Waals surface area (Å²) >= 11 is 3.40. The largest absolute Gasteiger partial charge is 0.283 e. The lowest BCUT2D eigenvalue weighted by molar-refractivity contribution is 0.246. The lowest BCUT2D eigenvalue weighted by Gasteiger charge is -2.17. The Morgan fingerprint density at radius 2 is 2.12 bits per heavy atom. The molecule has 0 saturated heterocycles. The van der Waals surface area contributed by atoms with Gasteiger partial charge in [-0.3, -0.25) is 9.58 Å². The number of aryl methyl sites for hydroxylation is 1. The third kappa shape index (κ3) is 3.41. The highest BCUT2D eigenvalue weighted by molar-refractivity contribution is 9.10. The predicted octanol–water partition coefficient (Wildman–Crippen LogP) is 3.04. The van der Waals surface area contributed by atoms with E-state index in [0.29, 0.717) is 0 Å². The highest BCUT2D eigenvalue weighted by Gasteiger charge is 2.04. The van der Waals surface area contributed by atoms with Crippen LogP contribution in [0.5, 0.6) is 0 Å². The molecule has 1 heterocycles. The van der Waals surface area contributed by atoms with Crippen LogP contribution in [0.2, 0.25) is 0 Å². The van der Waals surface area contributed by atoms with E-state index in [2.05, 4.69) is 64.2 Å². The number of aromatic nitrogens is 2. The quantitative estimate of drug-likeness (QED) is 0.864. The standard InChI is InChI=1S/C13H16BrN3/c1-11-5-3-4-6-12(11)8-16(2)10-17-9-13(14)7-15-17/h3-7,9H,8,10H2,1-2H3. The maximum Gasteiger partial charge on any atom is 0.0929 e. The molecule has 0 spiro atoms. The van der Waals surface area contributed by atoms with Crippen LogP contribution in [0.25, 0.3) is 0 Å². The third-order valence-electron chi connectivity index (χ3n) is 2.69. The molecule has 0 atom stereocenters. The fraction of sp³-hybridized carbons (Fsp3) is 0.308. The Kier molecular flexibility index (Phi) is 3.97. The second-order valence-electron chi connectivity index (χ2n) is 4.28. The second kappa shape index (κ2) is 5.47. The summed E-state index contributed by atoms with van der Waals surface area (Å²) in [6, 6.07) is 8.47. The normalized spacial score (nSPS) is 11.1. The van der Waals surface area contributed by atoms with Crippen LogP contribution in [-0.4, -0.2) is 21.7 Å². The minimum Gasteiger partial charge on any atom is -0.283 e. The molecule has 0 bridgehead atoms. The second-order valence-corrected chi connectivity index (χ2v) is 5.20. The minimum absolute atomic E-state index is 0.792. The average molecular weight is 294 g/mol. The third-order valence-corrected chi connectivity index (χ3v) is 3.10. The molecule has 4 heteroatoms. The van der Waals surface area contributed by atoms with Crippen molar-refractivity contribution in [2.24, 2.45) is 0 Å². The highest BCUT2D eigenvalue weighted by atomic mass is 79.9. The van der Waals surface area contributed by atoms with Crippen LogP contribution in [0.15, 0.2) is 41.1 Å². The molecule has 1 aromatic heterocycles. The maximum atomic E-state index is 4.25. The van der Waals surface area contributed by atoms with Crippen LogP contribution in [0, 0.1) is 6.92 Å². The van der Waals surface area contributed by atoms with Crippen molar-refractivity contribution in [3.05, 3.63) is 52.3 Å². The molecule has 3 nitrogen and oxygen atoms in total. The molecule has 0 fully saturated rings. The smallest absolute Gasteiger partial charge is 0.0929 e. The van der Waals surface area contributed by atoms with Gasteiger partial charge in [-0.25, -0.2) is 0 Å². The molecule has 90 valence electrons. The number of hydrogen-bond acceptors (Lipinski definition) is 2. The zero-order chi connectivity index (χ0) is 12.3. The van der Waals surface area contributed by atoms with Gasteiger partial charge >= 0.3 is 0 Å². The first-order chi connectivity index (χ1) is 8.15. The number of hydrogen-bond donors (Lipinski definition) is 0. The summed E-state index contributed by atoms with van der Waals surface area (Å²) in [4.78, 5) is 2.24. The first-order valence-corrected chi connectivity index (χ1v) is 6.35. The van der Waals surface area contributed by atoms with Crippen LogP contribution in [0.1, 0.15) is 11.1 Å². The van der Waals surface area contributed by atoms with Crippen LogP contribution in [0.3, 0.4) is 0 Å². The van der Waals surface area contributed by atoms with Gasteiger partial charge in [-0.1, -0.05) is 24.3 Å². The number of benzene rings is 1. The van der Waals surface area contributed by atoms with Gasteiger partial charge in [0.15, 0.2) is 0 Å². The summed E-state index contributed by atoms with van der Waals surface area (Å²) < 4.78 is 2.93. The minimum atomic E-state index is 0.792. The van der Waals surface area contributed by atoms with Crippen LogP contribution >= 0.6 is 15.9 Å². The van der Waals surface area contributed by atoms with E-state index >= 15 is 0 Å². The Morgan fingerprint density at radius 1 is 1.35 bits per heavy atom. The molecular weight excluding hydrogens is 278 g/mol. The van der Waals surface area contributed by atoms with E-state index in [-0.39, 0.29) is 0 Å². The number of halogens is 1. The number of nitrogens with zero attached hydrogens (tertiary/aromatic N) is 3. The molecule has 17 heavy (non-hydrogen) atoms. The molecule has 1 aromatic carbocycles. The summed E-state index contributed by atoms with van der Waals surface area (Å²) in [5.41, 5.74) is 2.70. The lowest BCUT2D eigenvalue weighted by atomic mass is 10.1. The van der Waals surface area contributed by atoms with Gasteiger partial charge in [0.2, 0.25) is 0 Å². The summed E-state index contributed by atoms with van der Waals surface area (Å²) in [6.45, 7) is 3.87. The van der Waals surface area contributed by atoms with Crippen molar-refractivity contribution in [2.75, 3.05) is 7.05 Å². The predicted molar refractivity (Wildman–Crippen MR) is 72.6 cm³/mol. The Balaban J connectivity index is 1.98. The van der Waals surface area contributed by atoms with E-state index in [9.17, 15) is 0 Å². The molecule has 0 aliphatic rings. The van der Waals surface area contributed by atoms with Gasteiger partial charge < -0.3 is 0 Å². The van der Waals surface area contributed by atoms with Crippen molar-refractivity contribution in [2.45, 2.75) is 20.1 Å². The fourth-order valence-electron chi connectivity index (χ4n) is 1.79. The Morgan fingerprint density at radius 3 is 2.76 bits per heavy atom. The van der Waals surface area contributed by atoms with Gasteiger partial charge in [0.1, 0.15) is 0 Å². The molecule has 2 rings (SSSR count). The first kappa shape index (κ1) is 12.3. The van der Waals surface area contributed by atoms with Gasteiger partial charge in [-0.05, 0) is 41.0 Å². The molecule has 0 radical (unpaired) electrons. The molecule has 0 saturated carbocycles. The van der Waals surface area contributed by atoms with Gasteiger partial charge in [-0.2, -0.15) is 5.10 Å². The van der Waals surface area contributed by atoms with E-state index in [1.165, 1.54) is 11.1 Å². The SMILES string of the molecule is Cc1ccccc1CN(C)Cn1cc(Br)cn1.